The highest BCUT2D eigenvalue weighted by Gasteiger charge is 2.34. The lowest BCUT2D eigenvalue weighted by Gasteiger charge is -2.29. The summed E-state index contributed by atoms with van der Waals surface area (Å²) in [6.07, 6.45) is -1.89. The van der Waals surface area contributed by atoms with E-state index in [9.17, 15) is 26.3 Å². The van der Waals surface area contributed by atoms with Crippen LogP contribution in [0.2, 0.25) is 0 Å². The molecule has 1 aliphatic rings. The van der Waals surface area contributed by atoms with Crippen LogP contribution in [0.1, 0.15) is 37.3 Å². The van der Waals surface area contributed by atoms with E-state index in [1.165, 1.54) is 18.2 Å². The summed E-state index contributed by atoms with van der Waals surface area (Å²) in [5, 5.41) is 0. The second-order valence-electron chi connectivity index (χ2n) is 8.99. The maximum atomic E-state index is 14.9. The van der Waals surface area contributed by atoms with Crippen LogP contribution in [-0.2, 0) is 22.1 Å². The van der Waals surface area contributed by atoms with E-state index in [0.717, 1.165) is 30.5 Å². The van der Waals surface area contributed by atoms with Crippen LogP contribution in [0.5, 0.6) is 0 Å². The Morgan fingerprint density at radius 1 is 0.750 bits per heavy atom. The van der Waals surface area contributed by atoms with Gasteiger partial charge in [-0.3, -0.25) is 0 Å². The normalized spacial score (nSPS) is 18.4. The van der Waals surface area contributed by atoms with E-state index in [0.29, 0.717) is 44.1 Å². The lowest BCUT2D eigenvalue weighted by atomic mass is 9.97. The quantitative estimate of drug-likeness (QED) is 0.300. The fraction of sp³-hybridized carbons (Fsp3) is 0.357. The number of rotatable bonds is 7. The maximum Gasteiger partial charge on any atom is 0.419 e. The first-order chi connectivity index (χ1) is 17.2. The van der Waals surface area contributed by atoms with E-state index in [-0.39, 0.29) is 28.5 Å². The lowest BCUT2D eigenvalue weighted by molar-refractivity contribution is -0.203. The number of ether oxygens (including phenoxy) is 2. The number of hydrogen-bond acceptors (Lipinski definition) is 2. The van der Waals surface area contributed by atoms with Crippen molar-refractivity contribution in [3.8, 4) is 22.3 Å². The molecule has 3 aromatic rings. The highest BCUT2D eigenvalue weighted by atomic mass is 19.4. The van der Waals surface area contributed by atoms with Crippen molar-refractivity contribution >= 4 is 0 Å². The van der Waals surface area contributed by atoms with Crippen LogP contribution in [0.25, 0.3) is 22.3 Å². The van der Waals surface area contributed by atoms with Crippen molar-refractivity contribution in [2.24, 2.45) is 5.92 Å². The Morgan fingerprint density at radius 2 is 1.33 bits per heavy atom. The van der Waals surface area contributed by atoms with Crippen LogP contribution < -0.4 is 0 Å². The summed E-state index contributed by atoms with van der Waals surface area (Å²) in [6.45, 7) is 3.44. The summed E-state index contributed by atoms with van der Waals surface area (Å²) in [6, 6.07) is 10.7. The first-order valence-electron chi connectivity index (χ1n) is 11.8. The summed E-state index contributed by atoms with van der Waals surface area (Å²) in [5.41, 5.74) is -0.376. The van der Waals surface area contributed by atoms with E-state index in [4.69, 9.17) is 9.47 Å². The molecule has 0 aliphatic carbocycles. The van der Waals surface area contributed by atoms with Crippen molar-refractivity contribution in [1.82, 2.24) is 0 Å². The molecule has 1 saturated heterocycles. The Balaban J connectivity index is 1.44. The Kier molecular flexibility index (Phi) is 8.05. The van der Waals surface area contributed by atoms with Crippen LogP contribution in [0, 0.1) is 23.4 Å². The van der Waals surface area contributed by atoms with Gasteiger partial charge in [0.25, 0.3) is 0 Å². The van der Waals surface area contributed by atoms with E-state index in [2.05, 4.69) is 6.92 Å². The fourth-order valence-corrected chi connectivity index (χ4v) is 4.39. The summed E-state index contributed by atoms with van der Waals surface area (Å²) >= 11 is 0. The van der Waals surface area contributed by atoms with Gasteiger partial charge in [0.05, 0.1) is 18.8 Å². The van der Waals surface area contributed by atoms with Gasteiger partial charge in [-0.25, -0.2) is 13.2 Å². The van der Waals surface area contributed by atoms with Gasteiger partial charge in [-0.2, -0.15) is 13.2 Å². The molecule has 8 heteroatoms. The van der Waals surface area contributed by atoms with Crippen LogP contribution in [0.15, 0.2) is 54.6 Å². The van der Waals surface area contributed by atoms with Crippen molar-refractivity contribution in [3.63, 3.8) is 0 Å². The van der Waals surface area contributed by atoms with E-state index >= 15 is 0 Å². The van der Waals surface area contributed by atoms with Gasteiger partial charge in [0.2, 0.25) is 0 Å². The smallest absolute Gasteiger partial charge is 0.352 e. The molecule has 0 radical (unpaired) electrons. The second-order valence-corrected chi connectivity index (χ2v) is 8.99. The number of hydrogen-bond donors (Lipinski definition) is 0. The molecule has 3 aromatic carbocycles. The Bertz CT molecular complexity index is 1200. The van der Waals surface area contributed by atoms with Gasteiger partial charge in [-0.15, -0.1) is 0 Å². The van der Waals surface area contributed by atoms with Gasteiger partial charge in [-0.1, -0.05) is 43.7 Å². The monoisotopic (exact) mass is 508 g/mol. The van der Waals surface area contributed by atoms with Crippen LogP contribution in [0.4, 0.5) is 26.3 Å². The van der Waals surface area contributed by atoms with Crippen LogP contribution in [0.3, 0.4) is 0 Å². The molecule has 36 heavy (non-hydrogen) atoms. The highest BCUT2D eigenvalue weighted by molar-refractivity contribution is 5.71. The summed E-state index contributed by atoms with van der Waals surface area (Å²) in [5.74, 6) is -2.42. The average Bonchev–Trinajstić information content (AvgIpc) is 2.83. The van der Waals surface area contributed by atoms with Crippen molar-refractivity contribution in [3.05, 3.63) is 83.2 Å². The largest absolute Gasteiger partial charge is 0.419 e. The SMILES string of the molecule is CCCC1COC(CCc2ccc(-c3ccc(-c4ccc(C(F)(F)F)c(F)c4)c(F)c3)c(F)c2)OC1. The minimum Gasteiger partial charge on any atom is -0.352 e. The van der Waals surface area contributed by atoms with E-state index in [1.807, 2.05) is 0 Å². The molecule has 1 aliphatic heterocycles. The van der Waals surface area contributed by atoms with Gasteiger partial charge in [0, 0.05) is 23.5 Å². The van der Waals surface area contributed by atoms with Crippen molar-refractivity contribution in [2.45, 2.75) is 45.1 Å². The second kappa shape index (κ2) is 11.0. The topological polar surface area (TPSA) is 18.5 Å². The molecule has 1 heterocycles. The molecule has 0 unspecified atom stereocenters. The zero-order chi connectivity index (χ0) is 25.9. The molecule has 1 fully saturated rings. The molecule has 0 saturated carbocycles. The zero-order valence-electron chi connectivity index (χ0n) is 19.7. The molecule has 0 amide bonds. The first-order valence-corrected chi connectivity index (χ1v) is 11.8. The molecule has 0 atom stereocenters. The van der Waals surface area contributed by atoms with Crippen molar-refractivity contribution < 1.29 is 35.8 Å². The third-order valence-corrected chi connectivity index (χ3v) is 6.30. The van der Waals surface area contributed by atoms with Gasteiger partial charge in [0.1, 0.15) is 17.5 Å². The number of aryl methyl sites for hydroxylation is 1. The minimum absolute atomic E-state index is 0.0477. The maximum absolute atomic E-state index is 14.9. The molecule has 192 valence electrons. The third-order valence-electron chi connectivity index (χ3n) is 6.30. The number of alkyl halides is 3. The van der Waals surface area contributed by atoms with Crippen LogP contribution in [-0.4, -0.2) is 19.5 Å². The minimum atomic E-state index is -4.84. The molecule has 0 N–H and O–H groups in total. The Morgan fingerprint density at radius 3 is 1.89 bits per heavy atom. The summed E-state index contributed by atoms with van der Waals surface area (Å²) in [7, 11) is 0. The van der Waals surface area contributed by atoms with Crippen molar-refractivity contribution in [2.75, 3.05) is 13.2 Å². The summed E-state index contributed by atoms with van der Waals surface area (Å²) in [4.78, 5) is 0. The zero-order valence-corrected chi connectivity index (χ0v) is 19.7. The van der Waals surface area contributed by atoms with Gasteiger partial charge in [-0.05, 0) is 53.8 Å². The Hall–Kier alpha value is -2.84. The number of benzene rings is 3. The highest BCUT2D eigenvalue weighted by Crippen LogP contribution is 2.35. The molecular weight excluding hydrogens is 482 g/mol. The predicted octanol–water partition coefficient (Wildman–Crippen LogP) is 8.18. The van der Waals surface area contributed by atoms with Crippen LogP contribution >= 0.6 is 0 Å². The molecule has 0 spiro atoms. The first kappa shape index (κ1) is 26.2. The molecule has 0 aromatic heterocycles. The fourth-order valence-electron chi connectivity index (χ4n) is 4.39. The molecular formula is C28H26F6O2. The van der Waals surface area contributed by atoms with Crippen molar-refractivity contribution in [1.29, 1.82) is 0 Å². The third kappa shape index (κ3) is 6.10. The van der Waals surface area contributed by atoms with E-state index in [1.54, 1.807) is 12.1 Å². The standard InChI is InChI=1S/C28H26F6O2/c1-2-3-18-15-35-27(36-16-18)11-5-17-4-8-21(24(29)12-17)19-6-9-22(25(30)13-19)20-7-10-23(26(31)14-20)28(32,33)34/h4,6-10,12-14,18,27H,2-3,5,11,15-16H2,1H3. The lowest BCUT2D eigenvalue weighted by Crippen LogP contribution is -2.32. The average molecular weight is 509 g/mol. The van der Waals surface area contributed by atoms with Gasteiger partial charge < -0.3 is 9.47 Å². The summed E-state index contributed by atoms with van der Waals surface area (Å²) < 4.78 is 93.4. The molecule has 0 bridgehead atoms. The van der Waals surface area contributed by atoms with E-state index < -0.39 is 29.2 Å². The Labute approximate surface area is 205 Å². The molecule has 2 nitrogen and oxygen atoms in total. The number of halogens is 6. The molecule has 4 rings (SSSR count). The van der Waals surface area contributed by atoms with Gasteiger partial charge >= 0.3 is 6.18 Å². The van der Waals surface area contributed by atoms with Gasteiger partial charge in [0.15, 0.2) is 6.29 Å². The predicted molar refractivity (Wildman–Crippen MR) is 125 cm³/mol.